The predicted molar refractivity (Wildman–Crippen MR) is 123 cm³/mol. The third-order valence-electron chi connectivity index (χ3n) is 5.60. The molecule has 2 aliphatic rings. The van der Waals surface area contributed by atoms with Gasteiger partial charge in [-0.1, -0.05) is 23.7 Å². The molecular formula is C21H24ClN3O4S2. The summed E-state index contributed by atoms with van der Waals surface area (Å²) < 4.78 is 28.4. The quantitative estimate of drug-likeness (QED) is 0.708. The number of fused-ring (bicyclic) bond motifs is 1. The minimum atomic E-state index is -3.90. The Balaban J connectivity index is 1.45. The molecule has 1 atom stereocenters. The van der Waals surface area contributed by atoms with Gasteiger partial charge in [0.1, 0.15) is 6.04 Å². The van der Waals surface area contributed by atoms with E-state index < -0.39 is 16.1 Å². The van der Waals surface area contributed by atoms with E-state index in [0.717, 1.165) is 22.3 Å². The van der Waals surface area contributed by atoms with Crippen LogP contribution in [0.25, 0.3) is 10.8 Å². The van der Waals surface area contributed by atoms with Gasteiger partial charge in [-0.3, -0.25) is 9.59 Å². The Morgan fingerprint density at radius 1 is 1.10 bits per heavy atom. The third kappa shape index (κ3) is 5.16. The van der Waals surface area contributed by atoms with E-state index in [1.807, 2.05) is 11.8 Å². The molecule has 1 N–H and O–H groups in total. The van der Waals surface area contributed by atoms with Crippen molar-refractivity contribution >= 4 is 56.0 Å². The number of carbonyl (C=O) groups is 2. The zero-order chi connectivity index (χ0) is 22.0. The summed E-state index contributed by atoms with van der Waals surface area (Å²) in [5.74, 6) is 1.38. The number of likely N-dealkylation sites (tertiary alicyclic amines) is 1. The van der Waals surface area contributed by atoms with E-state index in [1.165, 1.54) is 11.0 Å². The zero-order valence-electron chi connectivity index (χ0n) is 16.9. The van der Waals surface area contributed by atoms with Crippen LogP contribution in [0.15, 0.2) is 41.3 Å². The summed E-state index contributed by atoms with van der Waals surface area (Å²) in [6, 6.07) is 9.12. The smallest absolute Gasteiger partial charge is 0.242 e. The standard InChI is InChI=1S/C21H24ClN3O4S2/c22-17-5-3-16-13-18(6-4-15(16)12-17)31(28,29)23-19-2-1-7-25(21(19)27)14-20(26)24-8-10-30-11-9-24/h3-6,12-13,19,23H,1-2,7-11,14H2. The number of halogens is 1. The molecule has 166 valence electrons. The second-order valence-electron chi connectivity index (χ2n) is 7.72. The van der Waals surface area contributed by atoms with E-state index >= 15 is 0 Å². The van der Waals surface area contributed by atoms with Gasteiger partial charge < -0.3 is 9.80 Å². The molecule has 4 rings (SSSR count). The lowest BCUT2D eigenvalue weighted by Gasteiger charge is -2.34. The van der Waals surface area contributed by atoms with Crippen LogP contribution in [0.1, 0.15) is 12.8 Å². The van der Waals surface area contributed by atoms with Crippen molar-refractivity contribution in [1.29, 1.82) is 0 Å². The molecule has 7 nitrogen and oxygen atoms in total. The summed E-state index contributed by atoms with van der Waals surface area (Å²) in [4.78, 5) is 28.8. The van der Waals surface area contributed by atoms with E-state index in [-0.39, 0.29) is 23.3 Å². The van der Waals surface area contributed by atoms with Gasteiger partial charge in [-0.15, -0.1) is 0 Å². The molecule has 2 fully saturated rings. The Kier molecular flexibility index (Phi) is 6.76. The van der Waals surface area contributed by atoms with Gasteiger partial charge >= 0.3 is 0 Å². The number of nitrogens with one attached hydrogen (secondary N) is 1. The molecule has 10 heteroatoms. The van der Waals surface area contributed by atoms with E-state index in [9.17, 15) is 18.0 Å². The Morgan fingerprint density at radius 3 is 2.58 bits per heavy atom. The third-order valence-corrected chi connectivity index (χ3v) is 8.25. The van der Waals surface area contributed by atoms with Crippen molar-refractivity contribution in [2.75, 3.05) is 37.7 Å². The maximum atomic E-state index is 12.9. The zero-order valence-corrected chi connectivity index (χ0v) is 19.3. The molecule has 31 heavy (non-hydrogen) atoms. The van der Waals surface area contributed by atoms with Crippen LogP contribution >= 0.6 is 23.4 Å². The first-order chi connectivity index (χ1) is 14.8. The highest BCUT2D eigenvalue weighted by Crippen LogP contribution is 2.23. The normalized spacial score (nSPS) is 20.3. The number of thioether (sulfide) groups is 1. The number of carbonyl (C=O) groups excluding carboxylic acids is 2. The number of nitrogens with zero attached hydrogens (tertiary/aromatic N) is 2. The number of hydrogen-bond acceptors (Lipinski definition) is 5. The number of rotatable bonds is 5. The molecule has 0 aromatic heterocycles. The SMILES string of the molecule is O=C(CN1CCCC(NS(=O)(=O)c2ccc3cc(Cl)ccc3c2)C1=O)N1CCSCC1. The van der Waals surface area contributed by atoms with Crippen LogP contribution in [0.3, 0.4) is 0 Å². The highest BCUT2D eigenvalue weighted by atomic mass is 35.5. The van der Waals surface area contributed by atoms with E-state index in [0.29, 0.717) is 37.5 Å². The molecule has 0 spiro atoms. The van der Waals surface area contributed by atoms with E-state index in [4.69, 9.17) is 11.6 Å². The van der Waals surface area contributed by atoms with Crippen molar-refractivity contribution in [3.05, 3.63) is 41.4 Å². The monoisotopic (exact) mass is 481 g/mol. The topological polar surface area (TPSA) is 86.8 Å². The van der Waals surface area contributed by atoms with Crippen LogP contribution in [0.2, 0.25) is 5.02 Å². The van der Waals surface area contributed by atoms with Gasteiger partial charge in [-0.2, -0.15) is 16.5 Å². The fraction of sp³-hybridized carbons (Fsp3) is 0.429. The fourth-order valence-electron chi connectivity index (χ4n) is 3.90. The lowest BCUT2D eigenvalue weighted by molar-refractivity contribution is -0.143. The number of hydrogen-bond donors (Lipinski definition) is 1. The summed E-state index contributed by atoms with van der Waals surface area (Å²) in [6.07, 6.45) is 1.05. The summed E-state index contributed by atoms with van der Waals surface area (Å²) in [6.45, 7) is 1.84. The maximum Gasteiger partial charge on any atom is 0.242 e. The number of sulfonamides is 1. The Bertz CT molecular complexity index is 1100. The van der Waals surface area contributed by atoms with Gasteiger partial charge in [0.15, 0.2) is 0 Å². The summed E-state index contributed by atoms with van der Waals surface area (Å²) in [5, 5.41) is 2.15. The number of benzene rings is 2. The average Bonchev–Trinajstić information content (AvgIpc) is 2.76. The van der Waals surface area contributed by atoms with E-state index in [1.54, 1.807) is 35.2 Å². The van der Waals surface area contributed by atoms with Crippen molar-refractivity contribution in [2.24, 2.45) is 0 Å². The van der Waals surface area contributed by atoms with Gasteiger partial charge in [0.25, 0.3) is 0 Å². The van der Waals surface area contributed by atoms with Crippen LogP contribution in [-0.2, 0) is 19.6 Å². The number of amides is 2. The van der Waals surface area contributed by atoms with Gasteiger partial charge in [0, 0.05) is 36.2 Å². The molecule has 2 aromatic carbocycles. The van der Waals surface area contributed by atoms with Crippen molar-refractivity contribution in [3.63, 3.8) is 0 Å². The molecule has 0 saturated carbocycles. The molecular weight excluding hydrogens is 458 g/mol. The lowest BCUT2D eigenvalue weighted by atomic mass is 10.1. The minimum absolute atomic E-state index is 0.00153. The molecule has 1 unspecified atom stereocenters. The van der Waals surface area contributed by atoms with Gasteiger partial charge in [0.05, 0.1) is 11.4 Å². The predicted octanol–water partition coefficient (Wildman–Crippen LogP) is 2.34. The average molecular weight is 482 g/mol. The molecule has 2 amide bonds. The largest absolute Gasteiger partial charge is 0.340 e. The first kappa shape index (κ1) is 22.4. The van der Waals surface area contributed by atoms with Gasteiger partial charge in [0.2, 0.25) is 21.8 Å². The summed E-state index contributed by atoms with van der Waals surface area (Å²) in [7, 11) is -3.90. The summed E-state index contributed by atoms with van der Waals surface area (Å²) in [5.41, 5.74) is 0. The first-order valence-corrected chi connectivity index (χ1v) is 13.2. The van der Waals surface area contributed by atoms with Crippen LogP contribution in [0.4, 0.5) is 0 Å². The Labute approximate surface area is 191 Å². The Hall–Kier alpha value is -1.81. The maximum absolute atomic E-state index is 12.9. The van der Waals surface area contributed by atoms with Crippen LogP contribution < -0.4 is 4.72 Å². The lowest BCUT2D eigenvalue weighted by Crippen LogP contribution is -2.55. The molecule has 2 aromatic rings. The molecule has 0 aliphatic carbocycles. The molecule has 0 radical (unpaired) electrons. The second-order valence-corrected chi connectivity index (χ2v) is 11.1. The highest BCUT2D eigenvalue weighted by molar-refractivity contribution is 7.99. The fourth-order valence-corrected chi connectivity index (χ4v) is 6.24. The van der Waals surface area contributed by atoms with Crippen molar-refractivity contribution in [3.8, 4) is 0 Å². The van der Waals surface area contributed by atoms with Gasteiger partial charge in [-0.25, -0.2) is 8.42 Å². The van der Waals surface area contributed by atoms with Crippen molar-refractivity contribution < 1.29 is 18.0 Å². The molecule has 2 saturated heterocycles. The minimum Gasteiger partial charge on any atom is -0.340 e. The van der Waals surface area contributed by atoms with Crippen LogP contribution in [0, 0.1) is 0 Å². The molecule has 2 aliphatic heterocycles. The second kappa shape index (κ2) is 9.36. The van der Waals surface area contributed by atoms with Crippen molar-refractivity contribution in [1.82, 2.24) is 14.5 Å². The first-order valence-electron chi connectivity index (χ1n) is 10.2. The van der Waals surface area contributed by atoms with Crippen molar-refractivity contribution in [2.45, 2.75) is 23.8 Å². The molecule has 2 heterocycles. The van der Waals surface area contributed by atoms with Crippen LogP contribution in [0.5, 0.6) is 0 Å². The van der Waals surface area contributed by atoms with Gasteiger partial charge in [-0.05, 0) is 47.9 Å². The number of piperidine rings is 1. The van der Waals surface area contributed by atoms with Crippen LogP contribution in [-0.4, -0.2) is 73.8 Å². The highest BCUT2D eigenvalue weighted by Gasteiger charge is 2.34. The summed E-state index contributed by atoms with van der Waals surface area (Å²) >= 11 is 7.80. The van der Waals surface area contributed by atoms with E-state index in [2.05, 4.69) is 4.72 Å². The Morgan fingerprint density at radius 2 is 1.81 bits per heavy atom. The molecule has 0 bridgehead atoms.